The number of anilines is 1. The van der Waals surface area contributed by atoms with Crippen LogP contribution >= 0.6 is 39.5 Å². The van der Waals surface area contributed by atoms with E-state index in [0.29, 0.717) is 11.3 Å². The predicted molar refractivity (Wildman–Crippen MR) is 94.6 cm³/mol. The summed E-state index contributed by atoms with van der Waals surface area (Å²) < 4.78 is 28.3. The molecule has 8 heteroatoms. The highest BCUT2D eigenvalue weighted by Crippen LogP contribution is 2.31. The van der Waals surface area contributed by atoms with Crippen LogP contribution in [0.4, 0.5) is 5.69 Å². The van der Waals surface area contributed by atoms with Gasteiger partial charge in [0.15, 0.2) is 0 Å². The molecule has 21 heavy (non-hydrogen) atoms. The number of hydrogen-bond acceptors (Lipinski definition) is 4. The Hall–Kier alpha value is -0.960. The SMILES string of the molecule is Cc1ccc(C(N)=S)cc1NS(=O)(=O)c1cc(Br)sc1C. The molecule has 4 nitrogen and oxygen atoms in total. The van der Waals surface area contributed by atoms with E-state index in [0.717, 1.165) is 14.2 Å². The summed E-state index contributed by atoms with van der Waals surface area (Å²) in [5.74, 6) is 0. The van der Waals surface area contributed by atoms with Crippen LogP contribution in [0, 0.1) is 13.8 Å². The lowest BCUT2D eigenvalue weighted by Crippen LogP contribution is -2.15. The molecule has 0 spiro atoms. The molecule has 0 aliphatic carbocycles. The number of benzene rings is 1. The van der Waals surface area contributed by atoms with Gasteiger partial charge in [0, 0.05) is 10.4 Å². The van der Waals surface area contributed by atoms with E-state index in [9.17, 15) is 8.42 Å². The molecule has 112 valence electrons. The van der Waals surface area contributed by atoms with Crippen molar-refractivity contribution in [3.63, 3.8) is 0 Å². The highest BCUT2D eigenvalue weighted by atomic mass is 79.9. The molecule has 3 N–H and O–H groups in total. The lowest BCUT2D eigenvalue weighted by Gasteiger charge is -2.11. The Balaban J connectivity index is 2.43. The van der Waals surface area contributed by atoms with Crippen molar-refractivity contribution in [3.8, 4) is 0 Å². The van der Waals surface area contributed by atoms with E-state index >= 15 is 0 Å². The number of thiocarbonyl (C=S) groups is 1. The molecule has 0 amide bonds. The third-order valence-corrected chi connectivity index (χ3v) is 6.31. The summed E-state index contributed by atoms with van der Waals surface area (Å²) in [6.07, 6.45) is 0. The molecule has 0 bridgehead atoms. The first-order chi connectivity index (χ1) is 9.70. The van der Waals surface area contributed by atoms with Crippen molar-refractivity contribution in [3.05, 3.63) is 44.1 Å². The average Bonchev–Trinajstić information content (AvgIpc) is 2.71. The van der Waals surface area contributed by atoms with Crippen LogP contribution in [0.15, 0.2) is 32.9 Å². The maximum atomic E-state index is 12.5. The molecule has 0 radical (unpaired) electrons. The Morgan fingerprint density at radius 2 is 2.00 bits per heavy atom. The Bertz CT molecular complexity index is 813. The Kier molecular flexibility index (Phi) is 4.72. The Labute approximate surface area is 141 Å². The summed E-state index contributed by atoms with van der Waals surface area (Å²) in [4.78, 5) is 1.21. The zero-order valence-electron chi connectivity index (χ0n) is 11.3. The highest BCUT2D eigenvalue weighted by molar-refractivity contribution is 9.11. The first kappa shape index (κ1) is 16.4. The lowest BCUT2D eigenvalue weighted by atomic mass is 10.1. The van der Waals surface area contributed by atoms with Crippen molar-refractivity contribution in [2.75, 3.05) is 4.72 Å². The normalized spacial score (nSPS) is 11.4. The van der Waals surface area contributed by atoms with E-state index in [2.05, 4.69) is 20.7 Å². The number of thiophene rings is 1. The van der Waals surface area contributed by atoms with E-state index in [1.54, 1.807) is 31.2 Å². The summed E-state index contributed by atoms with van der Waals surface area (Å²) in [5, 5.41) is 0. The predicted octanol–water partition coefficient (Wildman–Crippen LogP) is 3.56. The van der Waals surface area contributed by atoms with Crippen LogP contribution in [-0.2, 0) is 10.0 Å². The molecule has 1 heterocycles. The largest absolute Gasteiger partial charge is 0.389 e. The van der Waals surface area contributed by atoms with Crippen LogP contribution in [0.2, 0.25) is 0 Å². The standard InChI is InChI=1S/C13H13BrN2O2S3/c1-7-3-4-9(13(15)19)5-10(7)16-21(17,18)11-6-12(14)20-8(11)2/h3-6,16H,1-2H3,(H2,15,19). The van der Waals surface area contributed by atoms with Crippen LogP contribution in [0.3, 0.4) is 0 Å². The van der Waals surface area contributed by atoms with Gasteiger partial charge < -0.3 is 5.73 Å². The van der Waals surface area contributed by atoms with E-state index in [-0.39, 0.29) is 9.88 Å². The summed E-state index contributed by atoms with van der Waals surface area (Å²) in [5.41, 5.74) is 7.48. The molecule has 2 aromatic rings. The van der Waals surface area contributed by atoms with Crippen LogP contribution < -0.4 is 10.5 Å². The minimum absolute atomic E-state index is 0.227. The number of hydrogen-bond donors (Lipinski definition) is 2. The fourth-order valence-corrected chi connectivity index (χ4v) is 5.45. The molecule has 0 aliphatic rings. The minimum Gasteiger partial charge on any atom is -0.389 e. The van der Waals surface area contributed by atoms with Crippen LogP contribution in [0.5, 0.6) is 0 Å². The van der Waals surface area contributed by atoms with Gasteiger partial charge in [-0.05, 0) is 47.5 Å². The van der Waals surface area contributed by atoms with Crippen molar-refractivity contribution in [2.24, 2.45) is 5.73 Å². The summed E-state index contributed by atoms with van der Waals surface area (Å²) in [6.45, 7) is 3.58. The topological polar surface area (TPSA) is 72.2 Å². The molecule has 0 saturated heterocycles. The molecular formula is C13H13BrN2O2S3. The summed E-state index contributed by atoms with van der Waals surface area (Å²) >= 11 is 9.59. The van der Waals surface area contributed by atoms with E-state index in [1.807, 2.05) is 6.92 Å². The van der Waals surface area contributed by atoms with Crippen LogP contribution in [0.1, 0.15) is 16.0 Å². The smallest absolute Gasteiger partial charge is 0.263 e. The van der Waals surface area contributed by atoms with E-state index in [1.165, 1.54) is 11.3 Å². The molecule has 2 rings (SSSR count). The number of aryl methyl sites for hydroxylation is 2. The highest BCUT2D eigenvalue weighted by Gasteiger charge is 2.20. The molecule has 0 fully saturated rings. The van der Waals surface area contributed by atoms with Gasteiger partial charge in [-0.25, -0.2) is 8.42 Å². The lowest BCUT2D eigenvalue weighted by molar-refractivity contribution is 0.601. The van der Waals surface area contributed by atoms with Gasteiger partial charge in [0.1, 0.15) is 9.88 Å². The number of halogens is 1. The second kappa shape index (κ2) is 6.04. The van der Waals surface area contributed by atoms with Gasteiger partial charge in [0.25, 0.3) is 10.0 Å². The number of sulfonamides is 1. The van der Waals surface area contributed by atoms with Gasteiger partial charge in [-0.1, -0.05) is 24.4 Å². The number of nitrogens with one attached hydrogen (secondary N) is 1. The molecule has 1 aromatic carbocycles. The van der Waals surface area contributed by atoms with Crippen LogP contribution in [-0.4, -0.2) is 13.4 Å². The molecule has 0 unspecified atom stereocenters. The zero-order valence-corrected chi connectivity index (χ0v) is 15.3. The second-order valence-corrected chi connectivity index (χ2v) is 9.20. The average molecular weight is 405 g/mol. The first-order valence-corrected chi connectivity index (χ1v) is 9.40. The Morgan fingerprint density at radius 1 is 1.33 bits per heavy atom. The number of nitrogens with two attached hydrogens (primary N) is 1. The second-order valence-electron chi connectivity index (χ2n) is 4.47. The number of rotatable bonds is 4. The fraction of sp³-hybridized carbons (Fsp3) is 0.154. The van der Waals surface area contributed by atoms with Crippen LogP contribution in [0.25, 0.3) is 0 Å². The Morgan fingerprint density at radius 3 is 2.52 bits per heavy atom. The molecule has 0 atom stereocenters. The molecule has 0 saturated carbocycles. The van der Waals surface area contributed by atoms with Gasteiger partial charge in [-0.3, -0.25) is 4.72 Å². The molecule has 0 aliphatic heterocycles. The molecule has 1 aromatic heterocycles. The summed E-state index contributed by atoms with van der Waals surface area (Å²) in [7, 11) is -3.64. The van der Waals surface area contributed by atoms with Gasteiger partial charge >= 0.3 is 0 Å². The fourth-order valence-electron chi connectivity index (χ4n) is 1.78. The van der Waals surface area contributed by atoms with Gasteiger partial charge in [-0.2, -0.15) is 0 Å². The third kappa shape index (κ3) is 3.63. The van der Waals surface area contributed by atoms with Crippen molar-refractivity contribution < 1.29 is 8.42 Å². The van der Waals surface area contributed by atoms with Gasteiger partial charge in [-0.15, -0.1) is 11.3 Å². The van der Waals surface area contributed by atoms with Crippen molar-refractivity contribution >= 4 is 60.2 Å². The quantitative estimate of drug-likeness (QED) is 0.763. The van der Waals surface area contributed by atoms with Crippen molar-refractivity contribution in [1.29, 1.82) is 0 Å². The third-order valence-electron chi connectivity index (χ3n) is 2.90. The van der Waals surface area contributed by atoms with Gasteiger partial charge in [0.05, 0.1) is 9.47 Å². The van der Waals surface area contributed by atoms with E-state index in [4.69, 9.17) is 18.0 Å². The monoisotopic (exact) mass is 404 g/mol. The van der Waals surface area contributed by atoms with E-state index < -0.39 is 10.0 Å². The molecular weight excluding hydrogens is 392 g/mol. The van der Waals surface area contributed by atoms with Crippen molar-refractivity contribution in [1.82, 2.24) is 0 Å². The minimum atomic E-state index is -3.64. The first-order valence-electron chi connectivity index (χ1n) is 5.90. The maximum Gasteiger partial charge on any atom is 0.263 e. The van der Waals surface area contributed by atoms with Gasteiger partial charge in [0.2, 0.25) is 0 Å². The zero-order chi connectivity index (χ0) is 15.8. The van der Waals surface area contributed by atoms with Crippen molar-refractivity contribution in [2.45, 2.75) is 18.7 Å². The maximum absolute atomic E-state index is 12.5. The summed E-state index contributed by atoms with van der Waals surface area (Å²) in [6, 6.07) is 6.78.